The fourth-order valence-electron chi connectivity index (χ4n) is 4.38. The smallest absolute Gasteiger partial charge is 0.0328 e. The second kappa shape index (κ2) is 5.89. The first-order valence-corrected chi connectivity index (χ1v) is 8.49. The van der Waals surface area contributed by atoms with E-state index in [4.69, 9.17) is 0 Å². The molecule has 0 aromatic heterocycles. The number of hydrogen-bond donors (Lipinski definition) is 1. The third-order valence-electron chi connectivity index (χ3n) is 5.57. The van der Waals surface area contributed by atoms with E-state index in [0.717, 1.165) is 23.8 Å². The average Bonchev–Trinajstić information content (AvgIpc) is 2.82. The highest BCUT2D eigenvalue weighted by Crippen LogP contribution is 2.37. The highest BCUT2D eigenvalue weighted by molar-refractivity contribution is 5.34. The summed E-state index contributed by atoms with van der Waals surface area (Å²) >= 11 is 0. The maximum atomic E-state index is 4.04. The molecule has 1 saturated carbocycles. The van der Waals surface area contributed by atoms with Gasteiger partial charge in [-0.1, -0.05) is 51.5 Å². The van der Waals surface area contributed by atoms with E-state index < -0.39 is 0 Å². The van der Waals surface area contributed by atoms with Crippen LogP contribution in [0.3, 0.4) is 0 Å². The van der Waals surface area contributed by atoms with E-state index in [1.165, 1.54) is 32.1 Å². The van der Waals surface area contributed by atoms with Gasteiger partial charge in [0.05, 0.1) is 0 Å². The Kier molecular flexibility index (Phi) is 4.16. The number of benzene rings is 1. The van der Waals surface area contributed by atoms with Crippen molar-refractivity contribution in [2.75, 3.05) is 0 Å². The number of nitrogens with one attached hydrogen (secondary N) is 1. The highest BCUT2D eigenvalue weighted by atomic mass is 15.0. The summed E-state index contributed by atoms with van der Waals surface area (Å²) in [5.41, 5.74) is 3.13. The molecular weight excluding hydrogens is 242 g/mol. The van der Waals surface area contributed by atoms with Gasteiger partial charge in [-0.05, 0) is 54.6 Å². The summed E-state index contributed by atoms with van der Waals surface area (Å²) in [6, 6.07) is 10.3. The van der Waals surface area contributed by atoms with Crippen LogP contribution in [0.2, 0.25) is 0 Å². The lowest BCUT2D eigenvalue weighted by Gasteiger charge is -2.39. The molecular formula is C19H29N. The molecule has 4 atom stereocenters. The Hall–Kier alpha value is -0.820. The van der Waals surface area contributed by atoms with Crippen LogP contribution in [0.4, 0.5) is 0 Å². The van der Waals surface area contributed by atoms with Gasteiger partial charge in [0.25, 0.3) is 0 Å². The van der Waals surface area contributed by atoms with Gasteiger partial charge in [-0.3, -0.25) is 0 Å². The molecule has 0 bridgehead atoms. The van der Waals surface area contributed by atoms with Crippen molar-refractivity contribution in [2.45, 2.75) is 65.0 Å². The zero-order valence-electron chi connectivity index (χ0n) is 13.2. The predicted molar refractivity (Wildman–Crippen MR) is 85.8 cm³/mol. The molecule has 1 nitrogen and oxygen atoms in total. The summed E-state index contributed by atoms with van der Waals surface area (Å²) in [7, 11) is 0. The first kappa shape index (κ1) is 14.1. The third-order valence-corrected chi connectivity index (χ3v) is 5.57. The Bertz CT molecular complexity index is 451. The minimum absolute atomic E-state index is 0.600. The normalized spacial score (nSPS) is 33.4. The van der Waals surface area contributed by atoms with E-state index in [0.29, 0.717) is 6.04 Å². The molecule has 20 heavy (non-hydrogen) atoms. The second-order valence-corrected chi connectivity index (χ2v) is 7.39. The maximum Gasteiger partial charge on any atom is 0.0328 e. The van der Waals surface area contributed by atoms with E-state index in [9.17, 15) is 0 Å². The quantitative estimate of drug-likeness (QED) is 0.838. The van der Waals surface area contributed by atoms with Crippen molar-refractivity contribution in [2.24, 2.45) is 17.8 Å². The third kappa shape index (κ3) is 2.79. The molecule has 0 heterocycles. The van der Waals surface area contributed by atoms with Gasteiger partial charge in [0, 0.05) is 12.1 Å². The van der Waals surface area contributed by atoms with Crippen molar-refractivity contribution >= 4 is 0 Å². The summed E-state index contributed by atoms with van der Waals surface area (Å²) < 4.78 is 0. The van der Waals surface area contributed by atoms with Crippen LogP contribution in [-0.4, -0.2) is 6.04 Å². The maximum absolute atomic E-state index is 4.04. The van der Waals surface area contributed by atoms with Crippen molar-refractivity contribution in [3.63, 3.8) is 0 Å². The van der Waals surface area contributed by atoms with Crippen LogP contribution in [0.5, 0.6) is 0 Å². The van der Waals surface area contributed by atoms with Crippen molar-refractivity contribution < 1.29 is 0 Å². The highest BCUT2D eigenvalue weighted by Gasteiger charge is 2.33. The lowest BCUT2D eigenvalue weighted by molar-refractivity contribution is 0.159. The van der Waals surface area contributed by atoms with Crippen LogP contribution in [0.1, 0.15) is 63.6 Å². The average molecular weight is 271 g/mol. The Morgan fingerprint density at radius 3 is 2.70 bits per heavy atom. The molecule has 0 amide bonds. The van der Waals surface area contributed by atoms with Crippen LogP contribution < -0.4 is 5.32 Å². The molecule has 2 aliphatic rings. The molecule has 0 saturated heterocycles. The van der Waals surface area contributed by atoms with E-state index in [1.54, 1.807) is 11.1 Å². The van der Waals surface area contributed by atoms with E-state index in [-0.39, 0.29) is 0 Å². The lowest BCUT2D eigenvalue weighted by atomic mass is 9.73. The van der Waals surface area contributed by atoms with Crippen LogP contribution in [0.15, 0.2) is 24.3 Å². The van der Waals surface area contributed by atoms with Gasteiger partial charge in [0.1, 0.15) is 0 Å². The molecule has 3 rings (SSSR count). The molecule has 4 unspecified atom stereocenters. The molecule has 1 aromatic rings. The molecule has 1 aromatic carbocycles. The van der Waals surface area contributed by atoms with Crippen LogP contribution >= 0.6 is 0 Å². The predicted octanol–water partition coefficient (Wildman–Crippen LogP) is 4.72. The van der Waals surface area contributed by atoms with E-state index >= 15 is 0 Å². The van der Waals surface area contributed by atoms with Gasteiger partial charge in [0.2, 0.25) is 0 Å². The topological polar surface area (TPSA) is 12.0 Å². The van der Waals surface area contributed by atoms with Gasteiger partial charge in [-0.2, -0.15) is 0 Å². The summed E-state index contributed by atoms with van der Waals surface area (Å²) in [4.78, 5) is 0. The van der Waals surface area contributed by atoms with Crippen LogP contribution in [0, 0.1) is 17.8 Å². The summed E-state index contributed by atoms with van der Waals surface area (Å²) in [5.74, 6) is 2.55. The van der Waals surface area contributed by atoms with Crippen molar-refractivity contribution in [1.29, 1.82) is 0 Å². The zero-order chi connectivity index (χ0) is 14.1. The minimum Gasteiger partial charge on any atom is -0.307 e. The SMILES string of the molecule is CC1CCC(C(C)C)C(NC2CCc3ccccc32)C1. The lowest BCUT2D eigenvalue weighted by Crippen LogP contribution is -2.44. The zero-order valence-corrected chi connectivity index (χ0v) is 13.2. The first-order valence-electron chi connectivity index (χ1n) is 8.49. The number of aryl methyl sites for hydroxylation is 1. The van der Waals surface area contributed by atoms with Gasteiger partial charge >= 0.3 is 0 Å². The molecule has 2 aliphatic carbocycles. The Morgan fingerprint density at radius 2 is 1.90 bits per heavy atom. The van der Waals surface area contributed by atoms with Gasteiger partial charge < -0.3 is 5.32 Å². The monoisotopic (exact) mass is 271 g/mol. The summed E-state index contributed by atoms with van der Waals surface area (Å²) in [6.45, 7) is 7.23. The Labute approximate surface area is 124 Å². The first-order chi connectivity index (χ1) is 9.65. The van der Waals surface area contributed by atoms with E-state index in [1.807, 2.05) is 0 Å². The second-order valence-electron chi connectivity index (χ2n) is 7.39. The van der Waals surface area contributed by atoms with Crippen LogP contribution in [-0.2, 0) is 6.42 Å². The van der Waals surface area contributed by atoms with Crippen molar-refractivity contribution in [1.82, 2.24) is 5.32 Å². The number of hydrogen-bond acceptors (Lipinski definition) is 1. The number of rotatable bonds is 3. The molecule has 1 N–H and O–H groups in total. The largest absolute Gasteiger partial charge is 0.307 e. The summed E-state index contributed by atoms with van der Waals surface area (Å²) in [5, 5.41) is 4.04. The fourth-order valence-corrected chi connectivity index (χ4v) is 4.38. The standard InChI is InChI=1S/C19H29N/c1-13(2)16-10-8-14(3)12-19(16)20-18-11-9-15-6-4-5-7-17(15)18/h4-7,13-14,16,18-20H,8-12H2,1-3H3. The molecule has 0 spiro atoms. The fraction of sp³-hybridized carbons (Fsp3) is 0.684. The Morgan fingerprint density at radius 1 is 1.10 bits per heavy atom. The number of fused-ring (bicyclic) bond motifs is 1. The van der Waals surface area contributed by atoms with E-state index in [2.05, 4.69) is 50.4 Å². The van der Waals surface area contributed by atoms with Crippen LogP contribution in [0.25, 0.3) is 0 Å². The van der Waals surface area contributed by atoms with Gasteiger partial charge in [-0.25, -0.2) is 0 Å². The van der Waals surface area contributed by atoms with Crippen molar-refractivity contribution in [3.8, 4) is 0 Å². The molecule has 0 aliphatic heterocycles. The molecule has 1 fully saturated rings. The van der Waals surface area contributed by atoms with Crippen molar-refractivity contribution in [3.05, 3.63) is 35.4 Å². The molecule has 1 heteroatoms. The molecule has 110 valence electrons. The van der Waals surface area contributed by atoms with Gasteiger partial charge in [-0.15, -0.1) is 0 Å². The summed E-state index contributed by atoms with van der Waals surface area (Å²) in [6.07, 6.45) is 6.73. The Balaban J connectivity index is 1.73. The van der Waals surface area contributed by atoms with Gasteiger partial charge in [0.15, 0.2) is 0 Å². The minimum atomic E-state index is 0.600. The molecule has 0 radical (unpaired) electrons.